The van der Waals surface area contributed by atoms with Gasteiger partial charge in [0.1, 0.15) is 6.04 Å². The third kappa shape index (κ3) is 5.99. The Labute approximate surface area is 206 Å². The van der Waals surface area contributed by atoms with Crippen LogP contribution in [0.15, 0.2) is 67.0 Å². The molecule has 2 amide bonds. The topological polar surface area (TPSA) is 84.4 Å². The van der Waals surface area contributed by atoms with Crippen LogP contribution < -0.4 is 10.1 Å². The summed E-state index contributed by atoms with van der Waals surface area (Å²) in [5, 5.41) is 2.85. The number of halogens is 3. The first-order chi connectivity index (χ1) is 17.2. The number of nitrogens with zero attached hydrogens (tertiary/aromatic N) is 3. The van der Waals surface area contributed by atoms with E-state index in [9.17, 15) is 22.8 Å². The van der Waals surface area contributed by atoms with Crippen molar-refractivity contribution in [3.8, 4) is 5.88 Å². The second-order valence-corrected chi connectivity index (χ2v) is 8.51. The number of fused-ring (bicyclic) bond motifs is 1. The van der Waals surface area contributed by atoms with Crippen LogP contribution in [0.5, 0.6) is 5.88 Å². The minimum Gasteiger partial charge on any atom is -0.477 e. The first-order valence-corrected chi connectivity index (χ1v) is 11.5. The van der Waals surface area contributed by atoms with E-state index in [1.165, 1.54) is 12.3 Å². The van der Waals surface area contributed by atoms with Gasteiger partial charge in [-0.3, -0.25) is 14.6 Å². The van der Waals surface area contributed by atoms with Crippen LogP contribution in [0.25, 0.3) is 0 Å². The van der Waals surface area contributed by atoms with Gasteiger partial charge in [-0.2, -0.15) is 13.2 Å². The molecule has 0 bridgehead atoms. The summed E-state index contributed by atoms with van der Waals surface area (Å²) in [5.41, 5.74) is 2.52. The van der Waals surface area contributed by atoms with E-state index in [0.29, 0.717) is 23.1 Å². The van der Waals surface area contributed by atoms with Crippen LogP contribution in [-0.2, 0) is 17.8 Å². The molecule has 3 aromatic rings. The summed E-state index contributed by atoms with van der Waals surface area (Å²) in [5.74, 6) is -0.547. The van der Waals surface area contributed by atoms with Crippen LogP contribution in [0.3, 0.4) is 0 Å². The highest BCUT2D eigenvalue weighted by Gasteiger charge is 2.43. The number of amides is 2. The van der Waals surface area contributed by atoms with Crippen LogP contribution in [0, 0.1) is 0 Å². The molecule has 1 aromatic carbocycles. The standard InChI is InChI=1S/C26H25F3N4O3/c1-17(14-19-6-4-5-11-30-19)33-23(20-7-2-3-8-21(20)25(33)35)24(34)32-16-18-9-12-31-22(15-18)36-13-10-26(27,28)29/h2-9,11-12,15,17,23H,10,13-14,16H2,1H3,(H,32,34). The molecule has 188 valence electrons. The molecule has 2 aromatic heterocycles. The summed E-state index contributed by atoms with van der Waals surface area (Å²) in [6, 6.07) is 14.6. The lowest BCUT2D eigenvalue weighted by molar-refractivity contribution is -0.139. The molecule has 2 unspecified atom stereocenters. The molecule has 1 N–H and O–H groups in total. The zero-order valence-electron chi connectivity index (χ0n) is 19.5. The van der Waals surface area contributed by atoms with E-state index in [1.54, 1.807) is 41.4 Å². The van der Waals surface area contributed by atoms with E-state index in [-0.39, 0.29) is 30.3 Å². The highest BCUT2D eigenvalue weighted by molar-refractivity contribution is 6.04. The first-order valence-electron chi connectivity index (χ1n) is 11.5. The number of aromatic nitrogens is 2. The van der Waals surface area contributed by atoms with E-state index in [2.05, 4.69) is 15.3 Å². The van der Waals surface area contributed by atoms with Crippen molar-refractivity contribution in [2.24, 2.45) is 0 Å². The van der Waals surface area contributed by atoms with Crippen LogP contribution in [0.2, 0.25) is 0 Å². The monoisotopic (exact) mass is 498 g/mol. The summed E-state index contributed by atoms with van der Waals surface area (Å²) in [7, 11) is 0. The molecule has 0 saturated heterocycles. The van der Waals surface area contributed by atoms with Crippen molar-refractivity contribution in [3.05, 3.63) is 89.4 Å². The Balaban J connectivity index is 1.46. The predicted octanol–water partition coefficient (Wildman–Crippen LogP) is 4.25. The number of alkyl halides is 3. The lowest BCUT2D eigenvalue weighted by atomic mass is 10.0. The highest BCUT2D eigenvalue weighted by Crippen LogP contribution is 2.36. The minimum absolute atomic E-state index is 0.0398. The fraction of sp³-hybridized carbons (Fsp3) is 0.308. The van der Waals surface area contributed by atoms with Gasteiger partial charge in [-0.05, 0) is 42.3 Å². The largest absolute Gasteiger partial charge is 0.477 e. The lowest BCUT2D eigenvalue weighted by Gasteiger charge is -2.30. The second kappa shape index (κ2) is 10.8. The lowest BCUT2D eigenvalue weighted by Crippen LogP contribution is -2.44. The minimum atomic E-state index is -4.32. The third-order valence-corrected chi connectivity index (χ3v) is 5.85. The first kappa shape index (κ1) is 25.2. The fourth-order valence-electron chi connectivity index (χ4n) is 4.18. The maximum Gasteiger partial charge on any atom is 0.392 e. The number of pyridine rings is 2. The molecule has 7 nitrogen and oxygen atoms in total. The van der Waals surface area contributed by atoms with Gasteiger partial charge in [-0.15, -0.1) is 0 Å². The van der Waals surface area contributed by atoms with Crippen molar-refractivity contribution in [2.75, 3.05) is 6.61 Å². The second-order valence-electron chi connectivity index (χ2n) is 8.51. The quantitative estimate of drug-likeness (QED) is 0.477. The third-order valence-electron chi connectivity index (χ3n) is 5.85. The zero-order chi connectivity index (χ0) is 25.7. The SMILES string of the molecule is CC(Cc1ccccn1)N1C(=O)c2ccccc2C1C(=O)NCc1ccnc(OCCC(F)(F)F)c1. The summed E-state index contributed by atoms with van der Waals surface area (Å²) < 4.78 is 42.2. The zero-order valence-corrected chi connectivity index (χ0v) is 19.5. The molecule has 0 spiro atoms. The Kier molecular flexibility index (Phi) is 7.52. The Bertz CT molecular complexity index is 1220. The van der Waals surface area contributed by atoms with Crippen molar-refractivity contribution in [3.63, 3.8) is 0 Å². The summed E-state index contributed by atoms with van der Waals surface area (Å²) in [6.07, 6.45) is -1.84. The van der Waals surface area contributed by atoms with Crippen LogP contribution in [0.4, 0.5) is 13.2 Å². The Morgan fingerprint density at radius 1 is 1.11 bits per heavy atom. The van der Waals surface area contributed by atoms with Gasteiger partial charge < -0.3 is 15.0 Å². The Morgan fingerprint density at radius 3 is 2.64 bits per heavy atom. The summed E-state index contributed by atoms with van der Waals surface area (Å²) >= 11 is 0. The summed E-state index contributed by atoms with van der Waals surface area (Å²) in [6.45, 7) is 1.43. The molecular weight excluding hydrogens is 473 g/mol. The molecule has 4 rings (SSSR count). The number of carbonyl (C=O) groups excluding carboxylic acids is 2. The molecular formula is C26H25F3N4O3. The molecule has 2 atom stereocenters. The maximum atomic E-state index is 13.4. The maximum absolute atomic E-state index is 13.4. The molecule has 1 aliphatic rings. The normalized spacial score (nSPS) is 15.9. The molecule has 0 radical (unpaired) electrons. The molecule has 36 heavy (non-hydrogen) atoms. The number of nitrogens with one attached hydrogen (secondary N) is 1. The number of rotatable bonds is 9. The van der Waals surface area contributed by atoms with Crippen LogP contribution in [-0.4, -0.2) is 45.5 Å². The van der Waals surface area contributed by atoms with Gasteiger partial charge in [-0.25, -0.2) is 4.98 Å². The number of hydrogen-bond acceptors (Lipinski definition) is 5. The molecule has 1 aliphatic heterocycles. The van der Waals surface area contributed by atoms with E-state index >= 15 is 0 Å². The van der Waals surface area contributed by atoms with Gasteiger partial charge >= 0.3 is 6.18 Å². The van der Waals surface area contributed by atoms with E-state index < -0.39 is 25.2 Å². The van der Waals surface area contributed by atoms with Crippen LogP contribution >= 0.6 is 0 Å². The Hall–Kier alpha value is -3.95. The van der Waals surface area contributed by atoms with Crippen LogP contribution in [0.1, 0.15) is 46.6 Å². The fourth-order valence-corrected chi connectivity index (χ4v) is 4.18. The molecule has 0 aliphatic carbocycles. The van der Waals surface area contributed by atoms with Crippen molar-refractivity contribution < 1.29 is 27.5 Å². The average molecular weight is 499 g/mol. The van der Waals surface area contributed by atoms with Gasteiger partial charge in [-0.1, -0.05) is 24.3 Å². The van der Waals surface area contributed by atoms with E-state index in [0.717, 1.165) is 5.69 Å². The van der Waals surface area contributed by atoms with Crippen molar-refractivity contribution in [2.45, 2.75) is 44.6 Å². The highest BCUT2D eigenvalue weighted by atomic mass is 19.4. The predicted molar refractivity (Wildman–Crippen MR) is 125 cm³/mol. The summed E-state index contributed by atoms with van der Waals surface area (Å²) in [4.78, 5) is 36.5. The van der Waals surface area contributed by atoms with Gasteiger partial charge in [0, 0.05) is 48.7 Å². The molecule has 0 saturated carbocycles. The van der Waals surface area contributed by atoms with Gasteiger partial charge in [0.05, 0.1) is 13.0 Å². The van der Waals surface area contributed by atoms with Crippen molar-refractivity contribution >= 4 is 11.8 Å². The van der Waals surface area contributed by atoms with Crippen molar-refractivity contribution in [1.82, 2.24) is 20.2 Å². The van der Waals surface area contributed by atoms with E-state index in [4.69, 9.17) is 4.74 Å². The van der Waals surface area contributed by atoms with Crippen molar-refractivity contribution in [1.29, 1.82) is 0 Å². The van der Waals surface area contributed by atoms with E-state index in [1.807, 2.05) is 25.1 Å². The number of hydrogen-bond donors (Lipinski definition) is 1. The smallest absolute Gasteiger partial charge is 0.392 e. The molecule has 10 heteroatoms. The number of benzene rings is 1. The number of ether oxygens (including phenoxy) is 1. The Morgan fingerprint density at radius 2 is 1.89 bits per heavy atom. The van der Waals surface area contributed by atoms with Gasteiger partial charge in [0.2, 0.25) is 11.8 Å². The average Bonchev–Trinajstić information content (AvgIpc) is 3.15. The molecule has 3 heterocycles. The van der Waals surface area contributed by atoms with Gasteiger partial charge in [0.25, 0.3) is 5.91 Å². The number of carbonyl (C=O) groups is 2. The van der Waals surface area contributed by atoms with Gasteiger partial charge in [0.15, 0.2) is 0 Å². The molecule has 0 fully saturated rings.